The predicted octanol–water partition coefficient (Wildman–Crippen LogP) is 2.67. The van der Waals surface area contributed by atoms with Crippen LogP contribution in [0, 0.1) is 17.4 Å². The normalized spacial score (nSPS) is 20.4. The van der Waals surface area contributed by atoms with Crippen LogP contribution in [-0.2, 0) is 22.6 Å². The molecule has 10 nitrogen and oxygen atoms in total. The minimum atomic E-state index is -1.53. The van der Waals surface area contributed by atoms with Crippen molar-refractivity contribution in [3.63, 3.8) is 0 Å². The van der Waals surface area contributed by atoms with Crippen molar-refractivity contribution in [1.82, 2.24) is 30.4 Å². The summed E-state index contributed by atoms with van der Waals surface area (Å²) in [6.07, 6.45) is 4.23. The molecule has 42 heavy (non-hydrogen) atoms. The summed E-state index contributed by atoms with van der Waals surface area (Å²) in [4.78, 5) is 53.9. The van der Waals surface area contributed by atoms with Gasteiger partial charge in [0.2, 0.25) is 0 Å². The lowest BCUT2D eigenvalue weighted by molar-refractivity contribution is -0.136. The number of fused-ring (bicyclic) bond motifs is 1. The Labute approximate surface area is 258 Å². The zero-order valence-electron chi connectivity index (χ0n) is 25.0. The lowest BCUT2D eigenvalue weighted by Crippen LogP contribution is -2.57. The molecule has 2 aromatic heterocycles. The van der Waals surface area contributed by atoms with Crippen LogP contribution in [0.15, 0.2) is 18.3 Å². The average Bonchev–Trinajstić information content (AvgIpc) is 3.36. The van der Waals surface area contributed by atoms with Crippen molar-refractivity contribution in [3.8, 4) is 11.5 Å². The Morgan fingerprint density at radius 2 is 1.88 bits per heavy atom. The minimum Gasteiger partial charge on any atom is -0.372 e. The first kappa shape index (κ1) is 31.7. The number of thiazole rings is 1. The molecule has 1 fully saturated rings. The number of pyridine rings is 1. The van der Waals surface area contributed by atoms with Crippen molar-refractivity contribution in [3.05, 3.63) is 39.5 Å². The van der Waals surface area contributed by atoms with Gasteiger partial charge in [-0.15, -0.1) is 16.9 Å². The molecule has 3 amide bonds. The molecule has 2 aliphatic rings. The molecule has 3 heterocycles. The molecule has 0 bridgehead atoms. The summed E-state index contributed by atoms with van der Waals surface area (Å²) < 4.78 is 0. The molecule has 0 aromatic carbocycles. The Morgan fingerprint density at radius 1 is 1.12 bits per heavy atom. The number of nitrogens with zero attached hydrogens (tertiary/aromatic N) is 4. The van der Waals surface area contributed by atoms with Crippen LogP contribution in [0.3, 0.4) is 0 Å². The molecule has 13 heteroatoms. The van der Waals surface area contributed by atoms with E-state index in [-0.39, 0.29) is 17.6 Å². The molecule has 1 saturated carbocycles. The number of carbonyl (C=O) groups is 3. The summed E-state index contributed by atoms with van der Waals surface area (Å²) in [5, 5.41) is 8.92. The van der Waals surface area contributed by atoms with Gasteiger partial charge in [0.05, 0.1) is 16.7 Å². The molecule has 0 spiro atoms. The van der Waals surface area contributed by atoms with Gasteiger partial charge >= 0.3 is 11.8 Å². The minimum absolute atomic E-state index is 0.0622. The van der Waals surface area contributed by atoms with Crippen LogP contribution in [0.2, 0.25) is 19.6 Å². The van der Waals surface area contributed by atoms with E-state index in [1.165, 1.54) is 11.3 Å². The molecule has 1 aliphatic heterocycles. The molecule has 0 saturated heterocycles. The Kier molecular flexibility index (Phi) is 10.1. The Morgan fingerprint density at radius 3 is 2.55 bits per heavy atom. The maximum atomic E-state index is 13.3. The van der Waals surface area contributed by atoms with Crippen molar-refractivity contribution in [2.45, 2.75) is 64.0 Å². The summed E-state index contributed by atoms with van der Waals surface area (Å²) in [6.45, 7) is 8.16. The van der Waals surface area contributed by atoms with Gasteiger partial charge in [0, 0.05) is 62.2 Å². The van der Waals surface area contributed by atoms with Gasteiger partial charge in [-0.2, -0.15) is 0 Å². The molecule has 4 rings (SSSR count). The fourth-order valence-corrected chi connectivity index (χ4v) is 6.78. The molecule has 3 N–H and O–H groups in total. The van der Waals surface area contributed by atoms with Crippen molar-refractivity contribution in [2.24, 2.45) is 5.92 Å². The lowest BCUT2D eigenvalue weighted by atomic mass is 9.81. The van der Waals surface area contributed by atoms with Crippen LogP contribution in [0.1, 0.15) is 45.2 Å². The predicted molar refractivity (Wildman–Crippen MR) is 172 cm³/mol. The van der Waals surface area contributed by atoms with Crippen molar-refractivity contribution in [1.29, 1.82) is 0 Å². The SMILES string of the molecule is CN1CCc2nc(C(=O)N[C@@H]3C[C@@H](C(=S)N(C)C)CC[C@@H]3NC(=O)C(=O)Nc3ccc(C#C[Si](C)(C)C)cn3)sc2C1. The largest absolute Gasteiger partial charge is 0.372 e. The number of likely N-dealkylation sites (N-methyl/N-ethyl adjacent to an activating group) is 1. The third kappa shape index (κ3) is 8.44. The van der Waals surface area contributed by atoms with Gasteiger partial charge in [0.1, 0.15) is 13.9 Å². The topological polar surface area (TPSA) is 120 Å². The highest BCUT2D eigenvalue weighted by Gasteiger charge is 2.36. The zero-order chi connectivity index (χ0) is 30.6. The van der Waals surface area contributed by atoms with E-state index >= 15 is 0 Å². The number of rotatable bonds is 5. The number of carbonyl (C=O) groups excluding carboxylic acids is 3. The number of hydrogen-bond donors (Lipinski definition) is 3. The molecular weight excluding hydrogens is 587 g/mol. The van der Waals surface area contributed by atoms with Gasteiger partial charge < -0.3 is 25.8 Å². The lowest BCUT2D eigenvalue weighted by Gasteiger charge is -2.38. The highest BCUT2D eigenvalue weighted by atomic mass is 32.1. The van der Waals surface area contributed by atoms with Crippen LogP contribution in [-0.4, -0.2) is 90.3 Å². The van der Waals surface area contributed by atoms with Crippen molar-refractivity contribution >= 4 is 60.2 Å². The Hall–Kier alpha value is -3.18. The van der Waals surface area contributed by atoms with E-state index in [1.54, 1.807) is 18.3 Å². The van der Waals surface area contributed by atoms with Crippen LogP contribution in [0.4, 0.5) is 5.82 Å². The van der Waals surface area contributed by atoms with Crippen LogP contribution >= 0.6 is 23.6 Å². The van der Waals surface area contributed by atoms with Gasteiger partial charge in [0.25, 0.3) is 5.91 Å². The summed E-state index contributed by atoms with van der Waals surface area (Å²) in [5.41, 5.74) is 5.00. The highest BCUT2D eigenvalue weighted by molar-refractivity contribution is 7.80. The molecule has 2 aromatic rings. The van der Waals surface area contributed by atoms with Gasteiger partial charge in [0.15, 0.2) is 5.01 Å². The van der Waals surface area contributed by atoms with Crippen molar-refractivity contribution < 1.29 is 14.4 Å². The number of anilines is 1. The van der Waals surface area contributed by atoms with Gasteiger partial charge in [-0.3, -0.25) is 14.4 Å². The molecular formula is C29H39N7O3S2Si. The quantitative estimate of drug-likeness (QED) is 0.201. The van der Waals surface area contributed by atoms with E-state index in [2.05, 4.69) is 69.0 Å². The second-order valence-electron chi connectivity index (χ2n) is 12.2. The van der Waals surface area contributed by atoms with Crippen LogP contribution in [0.25, 0.3) is 0 Å². The standard InChI is InChI=1S/C29H39N7O3S2Si/c1-35(2)29(40)19-8-9-20(22(15-19)32-27(39)28-33-21-11-13-36(3)17-23(21)41-28)31-25(37)26(38)34-24-10-7-18(16-30-24)12-14-42(4,5)6/h7,10,16,19-20,22H,8-9,11,13,15,17H2,1-6H3,(H,31,37)(H,32,39)(H,30,34,38)/t19-,20-,22+/m0/s1. The maximum absolute atomic E-state index is 13.3. The fourth-order valence-electron chi connectivity index (χ4n) is 4.95. The van der Waals surface area contributed by atoms with E-state index in [4.69, 9.17) is 12.2 Å². The zero-order valence-corrected chi connectivity index (χ0v) is 27.7. The number of thiocarbonyl (C=S) groups is 1. The Bertz CT molecular complexity index is 1410. The third-order valence-corrected chi connectivity index (χ3v) is 9.84. The third-order valence-electron chi connectivity index (χ3n) is 7.18. The first-order valence-corrected chi connectivity index (χ1v) is 18.8. The van der Waals surface area contributed by atoms with Crippen LogP contribution < -0.4 is 16.0 Å². The molecule has 224 valence electrons. The monoisotopic (exact) mass is 625 g/mol. The maximum Gasteiger partial charge on any atom is 0.314 e. The summed E-state index contributed by atoms with van der Waals surface area (Å²) in [6, 6.07) is 2.53. The summed E-state index contributed by atoms with van der Waals surface area (Å²) in [5.74, 6) is 1.55. The number of aromatic nitrogens is 2. The second-order valence-corrected chi connectivity index (χ2v) is 18.4. The second kappa shape index (κ2) is 13.4. The molecule has 0 unspecified atom stereocenters. The summed E-state index contributed by atoms with van der Waals surface area (Å²) >= 11 is 7.06. The van der Waals surface area contributed by atoms with E-state index < -0.39 is 32.0 Å². The van der Waals surface area contributed by atoms with E-state index in [0.29, 0.717) is 17.8 Å². The van der Waals surface area contributed by atoms with E-state index in [1.807, 2.05) is 19.0 Å². The first-order chi connectivity index (χ1) is 19.8. The van der Waals surface area contributed by atoms with Gasteiger partial charge in [-0.05, 0) is 38.4 Å². The van der Waals surface area contributed by atoms with Gasteiger partial charge in [-0.25, -0.2) is 9.97 Å². The smallest absolute Gasteiger partial charge is 0.314 e. The number of amides is 3. The van der Waals surface area contributed by atoms with Gasteiger partial charge in [-0.1, -0.05) is 37.8 Å². The number of hydrogen-bond acceptors (Lipinski definition) is 8. The van der Waals surface area contributed by atoms with Crippen molar-refractivity contribution in [2.75, 3.05) is 33.0 Å². The number of nitrogens with one attached hydrogen (secondary N) is 3. The van der Waals surface area contributed by atoms with E-state index in [0.717, 1.165) is 47.1 Å². The summed E-state index contributed by atoms with van der Waals surface area (Å²) in [7, 11) is 4.34. The molecule has 3 atom stereocenters. The first-order valence-electron chi connectivity index (χ1n) is 14.1. The fraction of sp³-hybridized carbons (Fsp3) is 0.517. The molecule has 0 radical (unpaired) electrons. The van der Waals surface area contributed by atoms with E-state index in [9.17, 15) is 14.4 Å². The average molecular weight is 626 g/mol. The van der Waals surface area contributed by atoms with Crippen LogP contribution in [0.5, 0.6) is 0 Å². The highest BCUT2D eigenvalue weighted by Crippen LogP contribution is 2.29. The molecule has 1 aliphatic carbocycles. The Balaban J connectivity index is 1.42.